The van der Waals surface area contributed by atoms with E-state index >= 15 is 0 Å². The zero-order chi connectivity index (χ0) is 19.8. The Morgan fingerprint density at radius 3 is 2.21 bits per heavy atom. The molecule has 0 N–H and O–H groups in total. The number of benzene rings is 1. The van der Waals surface area contributed by atoms with E-state index in [9.17, 15) is 9.59 Å². The predicted octanol–water partition coefficient (Wildman–Crippen LogP) is 3.14. The standard InChI is InChI=1S/C23H29N3O2/c1-16-4-8-20(9-5-16)26-17(2)14-21(18(26)3)22(27)15-24-10-12-25(13-11-24)23(28)19-6-7-19/h4-5,8-9,14,19H,6-7,10-13,15H2,1-3H3. The molecular weight excluding hydrogens is 350 g/mol. The largest absolute Gasteiger partial charge is 0.340 e. The molecule has 0 atom stereocenters. The van der Waals surface area contributed by atoms with E-state index in [0.29, 0.717) is 12.5 Å². The molecule has 0 radical (unpaired) electrons. The van der Waals surface area contributed by atoms with Crippen LogP contribution < -0.4 is 0 Å². The molecule has 1 saturated heterocycles. The monoisotopic (exact) mass is 379 g/mol. The highest BCUT2D eigenvalue weighted by molar-refractivity contribution is 5.99. The summed E-state index contributed by atoms with van der Waals surface area (Å²) in [6, 6.07) is 10.4. The van der Waals surface area contributed by atoms with Crippen LogP contribution in [0.15, 0.2) is 30.3 Å². The van der Waals surface area contributed by atoms with Crippen molar-refractivity contribution in [3.63, 3.8) is 0 Å². The minimum atomic E-state index is 0.161. The third kappa shape index (κ3) is 3.76. The maximum atomic E-state index is 13.0. The molecule has 4 rings (SSSR count). The van der Waals surface area contributed by atoms with Gasteiger partial charge in [-0.1, -0.05) is 17.7 Å². The molecule has 1 aliphatic heterocycles. The first-order chi connectivity index (χ1) is 13.4. The van der Waals surface area contributed by atoms with Crippen LogP contribution in [0.25, 0.3) is 5.69 Å². The van der Waals surface area contributed by atoms with E-state index < -0.39 is 0 Å². The molecule has 1 saturated carbocycles. The number of carbonyl (C=O) groups is 2. The lowest BCUT2D eigenvalue weighted by Gasteiger charge is -2.34. The molecule has 1 aromatic carbocycles. The third-order valence-corrected chi connectivity index (χ3v) is 6.00. The SMILES string of the molecule is Cc1ccc(-n2c(C)cc(C(=O)CN3CCN(C(=O)C4CC4)CC3)c2C)cc1. The molecule has 1 aliphatic carbocycles. The Kier molecular flexibility index (Phi) is 5.11. The molecule has 0 spiro atoms. The van der Waals surface area contributed by atoms with Crippen molar-refractivity contribution in [3.05, 3.63) is 52.8 Å². The minimum Gasteiger partial charge on any atom is -0.340 e. The summed E-state index contributed by atoms with van der Waals surface area (Å²) in [6.45, 7) is 9.60. The Bertz CT molecular complexity index is 885. The lowest BCUT2D eigenvalue weighted by molar-refractivity contribution is -0.134. The van der Waals surface area contributed by atoms with Crippen molar-refractivity contribution >= 4 is 11.7 Å². The third-order valence-electron chi connectivity index (χ3n) is 6.00. The summed E-state index contributed by atoms with van der Waals surface area (Å²) < 4.78 is 2.15. The molecular formula is C23H29N3O2. The number of carbonyl (C=O) groups excluding carboxylic acids is 2. The van der Waals surface area contributed by atoms with Crippen molar-refractivity contribution in [2.75, 3.05) is 32.7 Å². The van der Waals surface area contributed by atoms with Crippen molar-refractivity contribution in [3.8, 4) is 5.69 Å². The number of hydrogen-bond donors (Lipinski definition) is 0. The number of aromatic nitrogens is 1. The molecule has 2 aromatic rings. The molecule has 148 valence electrons. The van der Waals surface area contributed by atoms with Crippen molar-refractivity contribution < 1.29 is 9.59 Å². The quantitative estimate of drug-likeness (QED) is 0.750. The van der Waals surface area contributed by atoms with Gasteiger partial charge in [0.25, 0.3) is 0 Å². The molecule has 0 bridgehead atoms. The van der Waals surface area contributed by atoms with Crippen LogP contribution in [0.1, 0.15) is 40.2 Å². The fraction of sp³-hybridized carbons (Fsp3) is 0.478. The van der Waals surface area contributed by atoms with Crippen LogP contribution >= 0.6 is 0 Å². The van der Waals surface area contributed by atoms with Gasteiger partial charge in [0.15, 0.2) is 5.78 Å². The lowest BCUT2D eigenvalue weighted by atomic mass is 10.1. The first-order valence-electron chi connectivity index (χ1n) is 10.2. The number of rotatable bonds is 5. The van der Waals surface area contributed by atoms with Crippen LogP contribution in [0, 0.1) is 26.7 Å². The highest BCUT2D eigenvalue weighted by Crippen LogP contribution is 2.31. The van der Waals surface area contributed by atoms with E-state index in [1.165, 1.54) is 5.56 Å². The van der Waals surface area contributed by atoms with Gasteiger partial charge in [0.1, 0.15) is 0 Å². The summed E-state index contributed by atoms with van der Waals surface area (Å²) >= 11 is 0. The van der Waals surface area contributed by atoms with E-state index in [1.807, 2.05) is 24.8 Å². The lowest BCUT2D eigenvalue weighted by Crippen LogP contribution is -2.50. The predicted molar refractivity (Wildman–Crippen MR) is 110 cm³/mol. The van der Waals surface area contributed by atoms with Gasteiger partial charge in [-0.25, -0.2) is 0 Å². The number of Topliss-reactive ketones (excluding diaryl/α,β-unsaturated/α-hetero) is 1. The first-order valence-corrected chi connectivity index (χ1v) is 10.2. The second-order valence-corrected chi connectivity index (χ2v) is 8.25. The van der Waals surface area contributed by atoms with Gasteiger partial charge >= 0.3 is 0 Å². The van der Waals surface area contributed by atoms with Crippen LogP contribution in [0.4, 0.5) is 0 Å². The number of amides is 1. The Morgan fingerprint density at radius 1 is 0.964 bits per heavy atom. The Morgan fingerprint density at radius 2 is 1.61 bits per heavy atom. The van der Waals surface area contributed by atoms with Gasteiger partial charge in [0.05, 0.1) is 6.54 Å². The van der Waals surface area contributed by atoms with Gasteiger partial charge < -0.3 is 9.47 Å². The second-order valence-electron chi connectivity index (χ2n) is 8.25. The molecule has 2 fully saturated rings. The molecule has 5 heteroatoms. The van der Waals surface area contributed by atoms with Gasteiger partial charge in [0, 0.05) is 54.7 Å². The van der Waals surface area contributed by atoms with E-state index in [4.69, 9.17) is 0 Å². The van der Waals surface area contributed by atoms with Crippen LogP contribution in [0.5, 0.6) is 0 Å². The van der Waals surface area contributed by atoms with Gasteiger partial charge in [-0.3, -0.25) is 14.5 Å². The fourth-order valence-corrected chi connectivity index (χ4v) is 4.14. The normalized spacial score (nSPS) is 17.8. The van der Waals surface area contributed by atoms with E-state index in [2.05, 4.69) is 40.7 Å². The van der Waals surface area contributed by atoms with Gasteiger partial charge in [-0.05, 0) is 51.8 Å². The van der Waals surface area contributed by atoms with Crippen LogP contribution in [-0.4, -0.2) is 58.8 Å². The summed E-state index contributed by atoms with van der Waals surface area (Å²) in [6.07, 6.45) is 2.10. The van der Waals surface area contributed by atoms with Gasteiger partial charge in [-0.2, -0.15) is 0 Å². The molecule has 5 nitrogen and oxygen atoms in total. The Balaban J connectivity index is 1.42. The number of hydrogen-bond acceptors (Lipinski definition) is 3. The second kappa shape index (κ2) is 7.55. The van der Waals surface area contributed by atoms with Crippen LogP contribution in [0.2, 0.25) is 0 Å². The fourth-order valence-electron chi connectivity index (χ4n) is 4.14. The summed E-state index contributed by atoms with van der Waals surface area (Å²) in [5.41, 5.74) is 5.18. The molecule has 2 heterocycles. The van der Waals surface area contributed by atoms with E-state index in [1.54, 1.807) is 0 Å². The molecule has 0 unspecified atom stereocenters. The van der Waals surface area contributed by atoms with Crippen LogP contribution in [-0.2, 0) is 4.79 Å². The summed E-state index contributed by atoms with van der Waals surface area (Å²) in [5, 5.41) is 0. The summed E-state index contributed by atoms with van der Waals surface area (Å²) in [5.74, 6) is 0.751. The van der Waals surface area contributed by atoms with Crippen molar-refractivity contribution in [2.45, 2.75) is 33.6 Å². The summed E-state index contributed by atoms with van der Waals surface area (Å²) in [4.78, 5) is 29.3. The maximum absolute atomic E-state index is 13.0. The average molecular weight is 380 g/mol. The van der Waals surface area contributed by atoms with Crippen LogP contribution in [0.3, 0.4) is 0 Å². The van der Waals surface area contributed by atoms with Crippen molar-refractivity contribution in [1.82, 2.24) is 14.4 Å². The molecule has 1 aromatic heterocycles. The number of piperazine rings is 1. The molecule has 2 aliphatic rings. The number of nitrogens with zero attached hydrogens (tertiary/aromatic N) is 3. The average Bonchev–Trinajstić information content (AvgIpc) is 3.48. The smallest absolute Gasteiger partial charge is 0.225 e. The first kappa shape index (κ1) is 18.9. The zero-order valence-electron chi connectivity index (χ0n) is 17.1. The zero-order valence-corrected chi connectivity index (χ0v) is 17.1. The van der Waals surface area contributed by atoms with Gasteiger partial charge in [0.2, 0.25) is 5.91 Å². The highest BCUT2D eigenvalue weighted by atomic mass is 16.2. The van der Waals surface area contributed by atoms with E-state index in [0.717, 1.165) is 61.7 Å². The number of aryl methyl sites for hydroxylation is 2. The Labute approximate surface area is 166 Å². The summed E-state index contributed by atoms with van der Waals surface area (Å²) in [7, 11) is 0. The molecule has 1 amide bonds. The van der Waals surface area contributed by atoms with Crippen molar-refractivity contribution in [2.24, 2.45) is 5.92 Å². The van der Waals surface area contributed by atoms with E-state index in [-0.39, 0.29) is 11.7 Å². The maximum Gasteiger partial charge on any atom is 0.225 e. The topological polar surface area (TPSA) is 45.6 Å². The molecule has 28 heavy (non-hydrogen) atoms. The minimum absolute atomic E-state index is 0.161. The number of ketones is 1. The van der Waals surface area contributed by atoms with Crippen molar-refractivity contribution in [1.29, 1.82) is 0 Å². The highest BCUT2D eigenvalue weighted by Gasteiger charge is 2.34. The van der Waals surface area contributed by atoms with Gasteiger partial charge in [-0.15, -0.1) is 0 Å². The Hall–Kier alpha value is -2.40.